The first kappa shape index (κ1) is 30.6. The van der Waals surface area contributed by atoms with Gasteiger partial charge < -0.3 is 9.84 Å². The van der Waals surface area contributed by atoms with Crippen LogP contribution in [0.5, 0.6) is 17.2 Å². The maximum Gasteiger partial charge on any atom is 1.00 e. The largest absolute Gasteiger partial charge is 1.00 e. The fourth-order valence-electron chi connectivity index (χ4n) is 3.92. The molecule has 0 unspecified atom stereocenters. The van der Waals surface area contributed by atoms with Gasteiger partial charge in [-0.25, -0.2) is 0 Å². The van der Waals surface area contributed by atoms with Gasteiger partial charge in [-0.15, -0.1) is 0 Å². The first-order chi connectivity index (χ1) is 15.4. The summed E-state index contributed by atoms with van der Waals surface area (Å²) in [5.41, 5.74) is 0.956. The fraction of sp³-hybridized carbons (Fsp3) is 0.538. The number of hydrogen-bond donors (Lipinski definition) is 1. The number of ether oxygens (including phenoxy) is 1. The van der Waals surface area contributed by atoms with Crippen LogP contribution in [-0.2, 0) is 16.5 Å². The molecule has 5 nitrogen and oxygen atoms in total. The number of benzene rings is 2. The molecule has 0 bridgehead atoms. The van der Waals surface area contributed by atoms with E-state index in [1.165, 1.54) is 76.3 Å². The first-order valence-corrected chi connectivity index (χ1v) is 13.4. The Morgan fingerprint density at radius 3 is 1.85 bits per heavy atom. The Morgan fingerprint density at radius 2 is 1.27 bits per heavy atom. The topological polar surface area (TPSA) is 86.7 Å². The molecule has 0 saturated carbocycles. The van der Waals surface area contributed by atoms with Crippen molar-refractivity contribution in [3.8, 4) is 17.2 Å². The molecule has 178 valence electrons. The van der Waals surface area contributed by atoms with E-state index >= 15 is 0 Å². The third-order valence-corrected chi connectivity index (χ3v) is 6.61. The molecule has 2 aromatic rings. The van der Waals surface area contributed by atoms with Crippen molar-refractivity contribution in [1.29, 1.82) is 0 Å². The van der Waals surface area contributed by atoms with Crippen molar-refractivity contribution in [3.05, 3.63) is 48.0 Å². The van der Waals surface area contributed by atoms with Gasteiger partial charge in [-0.2, -0.15) is 8.42 Å². The normalized spacial score (nSPS) is 11.2. The molecule has 7 heteroatoms. The molecule has 2 rings (SSSR count). The second-order valence-electron chi connectivity index (χ2n) is 8.41. The van der Waals surface area contributed by atoms with Gasteiger partial charge in [-0.1, -0.05) is 114 Å². The Morgan fingerprint density at radius 1 is 0.758 bits per heavy atom. The van der Waals surface area contributed by atoms with Gasteiger partial charge in [0.1, 0.15) is 16.4 Å². The number of rotatable bonds is 16. The molecular weight excluding hydrogens is 463 g/mol. The molecular formula is C26H37KO5S. The summed E-state index contributed by atoms with van der Waals surface area (Å²) >= 11 is 0. The third kappa shape index (κ3) is 11.7. The van der Waals surface area contributed by atoms with Crippen molar-refractivity contribution in [2.45, 2.75) is 95.3 Å². The van der Waals surface area contributed by atoms with Crippen LogP contribution in [0, 0.1) is 0 Å². The van der Waals surface area contributed by atoms with Gasteiger partial charge in [0, 0.05) is 0 Å². The van der Waals surface area contributed by atoms with Crippen molar-refractivity contribution in [2.24, 2.45) is 0 Å². The van der Waals surface area contributed by atoms with E-state index in [-0.39, 0.29) is 57.1 Å². The average Bonchev–Trinajstić information content (AvgIpc) is 2.74. The van der Waals surface area contributed by atoms with Crippen LogP contribution in [0.4, 0.5) is 0 Å². The van der Waals surface area contributed by atoms with Crippen LogP contribution in [0.15, 0.2) is 47.4 Å². The van der Waals surface area contributed by atoms with E-state index in [1.807, 2.05) is 12.1 Å². The van der Waals surface area contributed by atoms with E-state index in [0.29, 0.717) is 5.75 Å². The van der Waals surface area contributed by atoms with Gasteiger partial charge in [0.05, 0.1) is 0 Å². The van der Waals surface area contributed by atoms with Crippen molar-refractivity contribution >= 4 is 10.1 Å². The fourth-order valence-corrected chi connectivity index (χ4v) is 4.60. The molecule has 33 heavy (non-hydrogen) atoms. The number of hydrogen-bond acceptors (Lipinski definition) is 4. The second kappa shape index (κ2) is 17.1. The van der Waals surface area contributed by atoms with Gasteiger partial charge in [-0.05, 0) is 30.5 Å². The van der Waals surface area contributed by atoms with Crippen LogP contribution >= 0.6 is 0 Å². The maximum absolute atomic E-state index is 11.9. The van der Waals surface area contributed by atoms with Gasteiger partial charge in [-0.3, -0.25) is 4.55 Å². The average molecular weight is 501 g/mol. The predicted octanol–water partition coefficient (Wildman–Crippen LogP) is 4.05. The van der Waals surface area contributed by atoms with E-state index < -0.39 is 20.8 Å². The Labute approximate surface area is 242 Å². The Balaban J connectivity index is 0.00000544. The summed E-state index contributed by atoms with van der Waals surface area (Å²) in [5, 5.41) is 11.9. The van der Waals surface area contributed by atoms with Crippen molar-refractivity contribution in [2.75, 3.05) is 0 Å². The summed E-state index contributed by atoms with van der Waals surface area (Å²) in [6.07, 6.45) is 16.2. The zero-order valence-electron chi connectivity index (χ0n) is 20.2. The van der Waals surface area contributed by atoms with Crippen LogP contribution in [0.2, 0.25) is 0 Å². The molecule has 0 fully saturated rings. The van der Waals surface area contributed by atoms with Gasteiger partial charge in [0.15, 0.2) is 0 Å². The summed E-state index contributed by atoms with van der Waals surface area (Å²) in [6, 6.07) is 11.3. The van der Waals surface area contributed by atoms with Crippen LogP contribution in [0.1, 0.15) is 89.5 Å². The minimum atomic E-state index is -4.67. The molecule has 0 saturated heterocycles. The smallest absolute Gasteiger partial charge is 0.871 e. The summed E-state index contributed by atoms with van der Waals surface area (Å²) in [6.45, 7) is 2.25. The molecule has 1 N–H and O–H groups in total. The zero-order valence-corrected chi connectivity index (χ0v) is 24.2. The molecule has 0 aliphatic carbocycles. The Bertz CT molecular complexity index is 915. The molecule has 0 aliphatic rings. The van der Waals surface area contributed by atoms with Crippen molar-refractivity contribution in [3.63, 3.8) is 0 Å². The molecule has 2 aromatic carbocycles. The summed E-state index contributed by atoms with van der Waals surface area (Å²) in [5.74, 6) is -0.434. The predicted molar refractivity (Wildman–Crippen MR) is 127 cm³/mol. The summed E-state index contributed by atoms with van der Waals surface area (Å²) in [4.78, 5) is -0.722. The van der Waals surface area contributed by atoms with Crippen molar-refractivity contribution < 1.29 is 74.2 Å². The number of unbranched alkanes of at least 4 members (excludes halogenated alkanes) is 11. The maximum atomic E-state index is 11.9. The Hall–Kier alpha value is -0.414. The quantitative estimate of drug-likeness (QED) is 0.213. The van der Waals surface area contributed by atoms with E-state index in [9.17, 15) is 18.1 Å². The van der Waals surface area contributed by atoms with Gasteiger partial charge in [0.2, 0.25) is 0 Å². The minimum absolute atomic E-state index is 0. The van der Waals surface area contributed by atoms with Crippen molar-refractivity contribution in [1.82, 2.24) is 0 Å². The zero-order chi connectivity index (χ0) is 23.2. The van der Waals surface area contributed by atoms with Crippen LogP contribution in [0.3, 0.4) is 0 Å². The molecule has 0 heterocycles. The molecule has 0 atom stereocenters. The van der Waals surface area contributed by atoms with E-state index in [1.54, 1.807) is 12.1 Å². The van der Waals surface area contributed by atoms with E-state index in [2.05, 4.69) is 6.92 Å². The second-order valence-corrected chi connectivity index (χ2v) is 9.77. The van der Waals surface area contributed by atoms with E-state index in [0.717, 1.165) is 30.9 Å². The van der Waals surface area contributed by atoms with Crippen LogP contribution < -0.4 is 61.2 Å². The standard InChI is InChI=1S/C26H38O5S.K/c1-2-3-4-5-6-7-8-9-10-11-12-13-17-22-18-14-15-20-24(22)31-25-21-16-19-23(27)26(25)32(28,29)30;/h14-16,18-21,27H,2-13,17H2,1H3,(H,28,29,30);/q;+1/p-1. The molecule has 0 spiro atoms. The van der Waals surface area contributed by atoms with Crippen LogP contribution in [0.25, 0.3) is 0 Å². The number of aryl methyl sites for hydroxylation is 1. The van der Waals surface area contributed by atoms with E-state index in [4.69, 9.17) is 4.74 Å². The molecule has 0 radical (unpaired) electrons. The van der Waals surface area contributed by atoms with Gasteiger partial charge in [0.25, 0.3) is 10.1 Å². The molecule has 0 amide bonds. The molecule has 0 aliphatic heterocycles. The monoisotopic (exact) mass is 500 g/mol. The SMILES string of the molecule is CCCCCCCCCCCCCCc1ccccc1Oc1cccc([O-])c1S(=O)(=O)O.[K+]. The summed E-state index contributed by atoms with van der Waals surface area (Å²) < 4.78 is 38.4. The third-order valence-electron chi connectivity index (χ3n) is 5.69. The Kier molecular flexibility index (Phi) is 15.9. The molecule has 0 aromatic heterocycles. The summed E-state index contributed by atoms with van der Waals surface area (Å²) in [7, 11) is -4.67. The van der Waals surface area contributed by atoms with Gasteiger partial charge >= 0.3 is 51.4 Å². The minimum Gasteiger partial charge on any atom is -0.871 e. The number of para-hydroxylation sites is 1. The first-order valence-electron chi connectivity index (χ1n) is 12.0. The van der Waals surface area contributed by atoms with Crippen LogP contribution in [-0.4, -0.2) is 13.0 Å².